The van der Waals surface area contributed by atoms with Crippen molar-refractivity contribution >= 4 is 17.7 Å². The van der Waals surface area contributed by atoms with Crippen LogP contribution in [0.25, 0.3) is 0 Å². The van der Waals surface area contributed by atoms with Gasteiger partial charge in [-0.2, -0.15) is 5.06 Å². The number of nitrogens with one attached hydrogen (secondary N) is 1. The van der Waals surface area contributed by atoms with Crippen LogP contribution in [0.15, 0.2) is 54.6 Å². The minimum Gasteiger partial charge on any atom is -0.463 e. The van der Waals surface area contributed by atoms with E-state index in [2.05, 4.69) is 5.32 Å². The average Bonchev–Trinajstić information content (AvgIpc) is 2.60. The van der Waals surface area contributed by atoms with Crippen molar-refractivity contribution in [3.8, 4) is 0 Å². The van der Waals surface area contributed by atoms with Crippen molar-refractivity contribution in [1.82, 2.24) is 5.06 Å². The molecular weight excluding hydrogens is 308 g/mol. The van der Waals surface area contributed by atoms with Gasteiger partial charge in [0.05, 0.1) is 0 Å². The molecule has 0 aliphatic carbocycles. The van der Waals surface area contributed by atoms with E-state index in [4.69, 9.17) is 9.94 Å². The van der Waals surface area contributed by atoms with Gasteiger partial charge in [-0.15, -0.1) is 0 Å². The first-order valence-corrected chi connectivity index (χ1v) is 7.59. The molecule has 0 fully saturated rings. The molecule has 0 aliphatic rings. The van der Waals surface area contributed by atoms with Crippen LogP contribution < -0.4 is 5.32 Å². The number of carboxylic acid groups (broad SMARTS) is 1. The number of hydroxylamine groups is 2. The van der Waals surface area contributed by atoms with E-state index in [1.54, 1.807) is 31.2 Å². The number of amides is 2. The molecule has 0 aliphatic heterocycles. The van der Waals surface area contributed by atoms with E-state index in [-0.39, 0.29) is 5.91 Å². The minimum atomic E-state index is -1.18. The van der Waals surface area contributed by atoms with Crippen molar-refractivity contribution in [3.63, 3.8) is 0 Å². The monoisotopic (exact) mass is 328 g/mol. The fraction of sp³-hybridized carbons (Fsp3) is 0.222. The largest absolute Gasteiger partial charge is 0.463 e. The molecule has 0 aromatic heterocycles. The number of hydrogen-bond donors (Lipinski definition) is 2. The molecule has 6 heteroatoms. The Bertz CT molecular complexity index is 686. The topological polar surface area (TPSA) is 78.9 Å². The summed E-state index contributed by atoms with van der Waals surface area (Å²) in [5.74, 6) is -0.0655. The fourth-order valence-corrected chi connectivity index (χ4v) is 2.14. The van der Waals surface area contributed by atoms with Crippen LogP contribution in [-0.2, 0) is 9.63 Å². The fourth-order valence-electron chi connectivity index (χ4n) is 2.14. The third kappa shape index (κ3) is 4.57. The summed E-state index contributed by atoms with van der Waals surface area (Å²) in [6.07, 6.45) is -1.34. The van der Waals surface area contributed by atoms with Crippen LogP contribution in [0, 0.1) is 0 Å². The van der Waals surface area contributed by atoms with E-state index >= 15 is 0 Å². The zero-order valence-corrected chi connectivity index (χ0v) is 13.6. The Labute approximate surface area is 140 Å². The quantitative estimate of drug-likeness (QED) is 0.793. The van der Waals surface area contributed by atoms with Gasteiger partial charge in [0, 0.05) is 19.2 Å². The van der Waals surface area contributed by atoms with Gasteiger partial charge in [-0.05, 0) is 23.3 Å². The number of benzene rings is 2. The molecule has 2 rings (SSSR count). The Morgan fingerprint density at radius 3 is 2.21 bits per heavy atom. The molecule has 0 heterocycles. The summed E-state index contributed by atoms with van der Waals surface area (Å²) in [5, 5.41) is 12.6. The Morgan fingerprint density at radius 1 is 1.08 bits per heavy atom. The summed E-state index contributed by atoms with van der Waals surface area (Å²) in [6.45, 7) is 1.78. The van der Waals surface area contributed by atoms with Crippen LogP contribution in [0.3, 0.4) is 0 Å². The lowest BCUT2D eigenvalue weighted by Crippen LogP contribution is -2.27. The molecule has 0 bridgehead atoms. The van der Waals surface area contributed by atoms with Crippen molar-refractivity contribution in [3.05, 3.63) is 65.7 Å². The highest BCUT2D eigenvalue weighted by Crippen LogP contribution is 2.27. The number of nitrogens with zero attached hydrogens (tertiary/aromatic N) is 1. The van der Waals surface area contributed by atoms with Gasteiger partial charge in [-0.25, -0.2) is 4.79 Å². The Balaban J connectivity index is 2.26. The summed E-state index contributed by atoms with van der Waals surface area (Å²) in [7, 11) is 1.34. The first-order valence-electron chi connectivity index (χ1n) is 7.59. The van der Waals surface area contributed by atoms with Gasteiger partial charge in [0.2, 0.25) is 5.91 Å². The van der Waals surface area contributed by atoms with E-state index < -0.39 is 12.2 Å². The molecule has 1 atom stereocenters. The van der Waals surface area contributed by atoms with Crippen LogP contribution >= 0.6 is 0 Å². The maximum atomic E-state index is 11.4. The Kier molecular flexibility index (Phi) is 5.92. The number of anilines is 1. The van der Waals surface area contributed by atoms with Crippen LogP contribution in [0.4, 0.5) is 10.5 Å². The molecule has 126 valence electrons. The average molecular weight is 328 g/mol. The van der Waals surface area contributed by atoms with Crippen LogP contribution in [-0.4, -0.2) is 29.2 Å². The molecule has 24 heavy (non-hydrogen) atoms. The van der Waals surface area contributed by atoms with Crippen LogP contribution in [0.1, 0.15) is 30.6 Å². The van der Waals surface area contributed by atoms with Crippen LogP contribution in [0.5, 0.6) is 0 Å². The molecular formula is C18H20N2O4. The first kappa shape index (κ1) is 17.5. The SMILES string of the molecule is CCC(=O)Nc1ccc(C(ON(C)C(=O)O)c2ccccc2)cc1. The third-order valence-electron chi connectivity index (χ3n) is 3.45. The molecule has 2 aromatic carbocycles. The lowest BCUT2D eigenvalue weighted by Gasteiger charge is -2.23. The first-order chi connectivity index (χ1) is 11.5. The van der Waals surface area contributed by atoms with Gasteiger partial charge >= 0.3 is 6.09 Å². The number of rotatable bonds is 6. The van der Waals surface area contributed by atoms with E-state index in [0.717, 1.165) is 16.2 Å². The predicted octanol–water partition coefficient (Wildman–Crippen LogP) is 3.67. The number of hydrogen-bond acceptors (Lipinski definition) is 3. The molecule has 6 nitrogen and oxygen atoms in total. The van der Waals surface area contributed by atoms with Gasteiger partial charge in [0.1, 0.15) is 6.10 Å². The van der Waals surface area contributed by atoms with Gasteiger partial charge in [0.15, 0.2) is 0 Å². The summed E-state index contributed by atoms with van der Waals surface area (Å²) in [6, 6.07) is 16.5. The zero-order chi connectivity index (χ0) is 17.5. The second kappa shape index (κ2) is 8.12. The van der Waals surface area contributed by atoms with Crippen molar-refractivity contribution in [2.75, 3.05) is 12.4 Å². The lowest BCUT2D eigenvalue weighted by atomic mass is 10.0. The van der Waals surface area contributed by atoms with Crippen molar-refractivity contribution < 1.29 is 19.5 Å². The predicted molar refractivity (Wildman–Crippen MR) is 90.5 cm³/mol. The summed E-state index contributed by atoms with van der Waals surface area (Å²) >= 11 is 0. The van der Waals surface area contributed by atoms with Gasteiger partial charge in [0.25, 0.3) is 0 Å². The lowest BCUT2D eigenvalue weighted by molar-refractivity contribution is -0.143. The van der Waals surface area contributed by atoms with Gasteiger partial charge < -0.3 is 10.4 Å². The van der Waals surface area contributed by atoms with Crippen molar-refractivity contribution in [2.24, 2.45) is 0 Å². The standard InChI is InChI=1S/C18H20N2O4/c1-3-16(21)19-15-11-9-14(10-12-15)17(24-20(2)18(22)23)13-7-5-4-6-8-13/h4-12,17H,3H2,1-2H3,(H,19,21)(H,22,23). The maximum Gasteiger partial charge on any atom is 0.431 e. The summed E-state index contributed by atoms with van der Waals surface area (Å²) < 4.78 is 0. The highest BCUT2D eigenvalue weighted by atomic mass is 16.7. The molecule has 0 spiro atoms. The van der Waals surface area contributed by atoms with Crippen molar-refractivity contribution in [1.29, 1.82) is 0 Å². The maximum absolute atomic E-state index is 11.4. The molecule has 0 saturated heterocycles. The third-order valence-corrected chi connectivity index (χ3v) is 3.45. The normalized spacial score (nSPS) is 11.6. The molecule has 1 unspecified atom stereocenters. The molecule has 0 radical (unpaired) electrons. The van der Waals surface area contributed by atoms with E-state index in [9.17, 15) is 9.59 Å². The van der Waals surface area contributed by atoms with Crippen molar-refractivity contribution in [2.45, 2.75) is 19.4 Å². The number of carbonyl (C=O) groups excluding carboxylic acids is 1. The smallest absolute Gasteiger partial charge is 0.431 e. The number of carbonyl (C=O) groups is 2. The van der Waals surface area contributed by atoms with Gasteiger partial charge in [-0.1, -0.05) is 49.4 Å². The highest BCUT2D eigenvalue weighted by molar-refractivity contribution is 5.90. The minimum absolute atomic E-state index is 0.0655. The zero-order valence-electron chi connectivity index (χ0n) is 13.6. The molecule has 2 N–H and O–H groups in total. The second-order valence-electron chi connectivity index (χ2n) is 5.20. The van der Waals surface area contributed by atoms with Gasteiger partial charge in [-0.3, -0.25) is 9.63 Å². The highest BCUT2D eigenvalue weighted by Gasteiger charge is 2.20. The van der Waals surface area contributed by atoms with E-state index in [0.29, 0.717) is 12.1 Å². The van der Waals surface area contributed by atoms with E-state index in [1.807, 2.05) is 30.3 Å². The molecule has 0 saturated carbocycles. The van der Waals surface area contributed by atoms with Crippen LogP contribution in [0.2, 0.25) is 0 Å². The Morgan fingerprint density at radius 2 is 1.67 bits per heavy atom. The summed E-state index contributed by atoms with van der Waals surface area (Å²) in [4.78, 5) is 28.1. The molecule has 2 amide bonds. The molecule has 2 aromatic rings. The van der Waals surface area contributed by atoms with E-state index in [1.165, 1.54) is 7.05 Å². The second-order valence-corrected chi connectivity index (χ2v) is 5.20. The summed E-state index contributed by atoms with van der Waals surface area (Å²) in [5.41, 5.74) is 2.30. The Hall–Kier alpha value is -2.86.